The average Bonchev–Trinajstić information content (AvgIpc) is 3.74. The van der Waals surface area contributed by atoms with E-state index in [0.717, 1.165) is 56.1 Å². The number of nitrogens with two attached hydrogens (primary N) is 2. The Bertz CT molecular complexity index is 2220. The zero-order valence-corrected chi connectivity index (χ0v) is 31.6. The standard InChI is InChI=1S/C19H22N2O2S.C17H19NO2S.C5H7N3/c20-19(21)12-9-14-5-4-6-15-13-17(10-11-18(14)15)24(22,23)16-7-2-1-3-8-16;18-12-14-6-4-5-13-11-16(9-10-17(13)14)21(19,20)15-7-2-1-3-8-15;1-5(6)8-4-2-3-7-8/h1-3,7-8,10-11,13-14H,4-6,9,12H2,(H3,20,21);1-3,7-11,14H,4-6,12,18H2;2-4,6H,1H3. The predicted octanol–water partition coefficient (Wildman–Crippen LogP) is 7.28. The molecular formula is C41H48N6O4S2. The van der Waals surface area contributed by atoms with E-state index in [0.29, 0.717) is 50.2 Å². The second kappa shape index (κ2) is 17.7. The number of hydrogen-bond acceptors (Lipinski definition) is 8. The number of aryl methyl sites for hydroxylation is 2. The summed E-state index contributed by atoms with van der Waals surface area (Å²) >= 11 is 0. The second-order valence-corrected chi connectivity index (χ2v) is 17.3. The fraction of sp³-hybridized carbons (Fsp3) is 0.293. The number of nitrogens with one attached hydrogen (secondary N) is 2. The Kier molecular flexibility index (Phi) is 13.2. The summed E-state index contributed by atoms with van der Waals surface area (Å²) in [5.41, 5.74) is 16.0. The number of hydrogen-bond donors (Lipinski definition) is 4. The van der Waals surface area contributed by atoms with E-state index in [-0.39, 0.29) is 5.84 Å². The summed E-state index contributed by atoms with van der Waals surface area (Å²) in [6, 6.07) is 29.9. The van der Waals surface area contributed by atoms with Crippen LogP contribution in [0.15, 0.2) is 135 Å². The number of nitrogens with zero attached hydrogens (tertiary/aromatic N) is 2. The number of rotatable bonds is 8. The van der Waals surface area contributed by atoms with Crippen molar-refractivity contribution in [3.05, 3.63) is 138 Å². The first-order valence-electron chi connectivity index (χ1n) is 17.9. The Hall–Kier alpha value is -4.91. The molecule has 0 amide bonds. The minimum atomic E-state index is -3.47. The summed E-state index contributed by atoms with van der Waals surface area (Å²) < 4.78 is 52.3. The maximum absolute atomic E-state index is 12.8. The molecule has 0 bridgehead atoms. The van der Waals surface area contributed by atoms with Crippen LogP contribution in [0.4, 0.5) is 0 Å². The van der Waals surface area contributed by atoms with Crippen LogP contribution in [-0.2, 0) is 32.5 Å². The minimum Gasteiger partial charge on any atom is -0.388 e. The number of aromatic nitrogens is 2. The Morgan fingerprint density at radius 1 is 0.717 bits per heavy atom. The van der Waals surface area contributed by atoms with Crippen molar-refractivity contribution in [2.24, 2.45) is 11.5 Å². The van der Waals surface area contributed by atoms with Gasteiger partial charge in [0.05, 0.1) is 25.4 Å². The SMILES string of the molecule is CC(=N)n1cccn1.N=C(N)CCC1CCCc2cc(S(=O)(=O)c3ccccc3)ccc21.NCC1CCCc2cc(S(=O)(=O)c3ccccc3)ccc21. The van der Waals surface area contributed by atoms with Gasteiger partial charge in [0.2, 0.25) is 19.7 Å². The zero-order chi connectivity index (χ0) is 38.0. The summed E-state index contributed by atoms with van der Waals surface area (Å²) in [5, 5.41) is 18.3. The van der Waals surface area contributed by atoms with Gasteiger partial charge in [-0.15, -0.1) is 0 Å². The van der Waals surface area contributed by atoms with Gasteiger partial charge >= 0.3 is 0 Å². The molecule has 278 valence electrons. The fourth-order valence-electron chi connectivity index (χ4n) is 6.93. The normalized spacial score (nSPS) is 16.4. The third kappa shape index (κ3) is 9.75. The van der Waals surface area contributed by atoms with Gasteiger partial charge in [0.1, 0.15) is 5.84 Å². The zero-order valence-electron chi connectivity index (χ0n) is 30.0. The predicted molar refractivity (Wildman–Crippen MR) is 209 cm³/mol. The van der Waals surface area contributed by atoms with E-state index in [1.165, 1.54) is 15.8 Å². The molecule has 6 N–H and O–H groups in total. The molecule has 4 aromatic carbocycles. The summed E-state index contributed by atoms with van der Waals surface area (Å²) in [6.07, 6.45) is 11.0. The van der Waals surface area contributed by atoms with E-state index in [1.54, 1.807) is 86.0 Å². The van der Waals surface area contributed by atoms with E-state index in [9.17, 15) is 16.8 Å². The van der Waals surface area contributed by atoms with Gasteiger partial charge in [-0.05, 0) is 147 Å². The van der Waals surface area contributed by atoms with E-state index in [1.807, 2.05) is 36.4 Å². The van der Waals surface area contributed by atoms with Crippen molar-refractivity contribution in [3.8, 4) is 0 Å². The highest BCUT2D eigenvalue weighted by molar-refractivity contribution is 7.91. The van der Waals surface area contributed by atoms with Crippen molar-refractivity contribution < 1.29 is 16.8 Å². The molecule has 7 rings (SSSR count). The van der Waals surface area contributed by atoms with Crippen LogP contribution in [0.2, 0.25) is 0 Å². The van der Waals surface area contributed by atoms with Crippen LogP contribution >= 0.6 is 0 Å². The molecule has 1 aromatic heterocycles. The lowest BCUT2D eigenvalue weighted by atomic mass is 9.80. The molecule has 2 aliphatic carbocycles. The van der Waals surface area contributed by atoms with Crippen LogP contribution < -0.4 is 11.5 Å². The van der Waals surface area contributed by atoms with Crippen LogP contribution in [0.3, 0.4) is 0 Å². The third-order valence-electron chi connectivity index (χ3n) is 9.73. The molecule has 2 atom stereocenters. The van der Waals surface area contributed by atoms with Gasteiger partial charge in [-0.1, -0.05) is 48.5 Å². The molecule has 0 radical (unpaired) electrons. The molecule has 12 heteroatoms. The van der Waals surface area contributed by atoms with Crippen molar-refractivity contribution in [2.45, 2.75) is 89.7 Å². The molecule has 5 aromatic rings. The lowest BCUT2D eigenvalue weighted by Crippen LogP contribution is -2.18. The number of amidine groups is 1. The van der Waals surface area contributed by atoms with Crippen LogP contribution in [0, 0.1) is 10.8 Å². The van der Waals surface area contributed by atoms with E-state index < -0.39 is 19.7 Å². The van der Waals surface area contributed by atoms with Crippen LogP contribution in [0.25, 0.3) is 0 Å². The average molecular weight is 753 g/mol. The summed E-state index contributed by atoms with van der Waals surface area (Å²) in [6.45, 7) is 2.31. The Balaban J connectivity index is 0.000000170. The van der Waals surface area contributed by atoms with Crippen molar-refractivity contribution in [2.75, 3.05) is 6.54 Å². The Labute approximate surface area is 313 Å². The molecule has 0 saturated carbocycles. The lowest BCUT2D eigenvalue weighted by molar-refractivity contribution is 0.526. The molecule has 0 fully saturated rings. The topological polar surface area (TPSA) is 186 Å². The van der Waals surface area contributed by atoms with Gasteiger partial charge in [0, 0.05) is 18.8 Å². The molecule has 0 saturated heterocycles. The number of sulfone groups is 2. The second-order valence-electron chi connectivity index (χ2n) is 13.4. The monoisotopic (exact) mass is 752 g/mol. The molecule has 1 heterocycles. The van der Waals surface area contributed by atoms with Gasteiger partial charge in [-0.25, -0.2) is 21.5 Å². The Morgan fingerprint density at radius 2 is 1.21 bits per heavy atom. The Morgan fingerprint density at radius 3 is 1.62 bits per heavy atom. The number of benzene rings is 4. The van der Waals surface area contributed by atoms with Crippen molar-refractivity contribution in [1.82, 2.24) is 9.78 Å². The minimum absolute atomic E-state index is 0.213. The maximum atomic E-state index is 12.8. The molecule has 0 aliphatic heterocycles. The van der Waals surface area contributed by atoms with Crippen LogP contribution in [0.5, 0.6) is 0 Å². The summed E-state index contributed by atoms with van der Waals surface area (Å²) in [4.78, 5) is 1.41. The smallest absolute Gasteiger partial charge is 0.206 e. The first-order valence-corrected chi connectivity index (χ1v) is 20.8. The first kappa shape index (κ1) is 39.3. The van der Waals surface area contributed by atoms with E-state index >= 15 is 0 Å². The molecule has 2 aliphatic rings. The van der Waals surface area contributed by atoms with E-state index in [4.69, 9.17) is 22.3 Å². The maximum Gasteiger partial charge on any atom is 0.206 e. The van der Waals surface area contributed by atoms with Gasteiger partial charge in [0.15, 0.2) is 0 Å². The lowest BCUT2D eigenvalue weighted by Gasteiger charge is -2.26. The molecule has 10 nitrogen and oxygen atoms in total. The van der Waals surface area contributed by atoms with Crippen molar-refractivity contribution in [1.29, 1.82) is 10.8 Å². The van der Waals surface area contributed by atoms with E-state index in [2.05, 4.69) is 5.10 Å². The highest BCUT2D eigenvalue weighted by Crippen LogP contribution is 2.37. The highest BCUT2D eigenvalue weighted by Gasteiger charge is 2.25. The first-order chi connectivity index (χ1) is 25.4. The third-order valence-corrected chi connectivity index (χ3v) is 13.3. The molecular weight excluding hydrogens is 705 g/mol. The fourth-order valence-corrected chi connectivity index (χ4v) is 9.59. The molecule has 0 spiro atoms. The molecule has 53 heavy (non-hydrogen) atoms. The highest BCUT2D eigenvalue weighted by atomic mass is 32.2. The quantitative estimate of drug-likeness (QED) is 0.0947. The van der Waals surface area contributed by atoms with Crippen molar-refractivity contribution >= 4 is 31.3 Å². The van der Waals surface area contributed by atoms with Gasteiger partial charge < -0.3 is 11.5 Å². The number of fused-ring (bicyclic) bond motifs is 2. The van der Waals surface area contributed by atoms with Crippen molar-refractivity contribution in [3.63, 3.8) is 0 Å². The van der Waals surface area contributed by atoms with Gasteiger partial charge in [0.25, 0.3) is 0 Å². The summed E-state index contributed by atoms with van der Waals surface area (Å²) in [5.74, 6) is 1.38. The summed E-state index contributed by atoms with van der Waals surface area (Å²) in [7, 11) is -6.90. The van der Waals surface area contributed by atoms with Gasteiger partial charge in [-0.2, -0.15) is 5.10 Å². The van der Waals surface area contributed by atoms with Crippen LogP contribution in [0.1, 0.15) is 79.5 Å². The largest absolute Gasteiger partial charge is 0.388 e. The van der Waals surface area contributed by atoms with Gasteiger partial charge in [-0.3, -0.25) is 10.8 Å². The van der Waals surface area contributed by atoms with Crippen LogP contribution in [-0.4, -0.2) is 44.8 Å². The molecule has 2 unspecified atom stereocenters.